The van der Waals surface area contributed by atoms with E-state index in [1.54, 1.807) is 24.9 Å². The van der Waals surface area contributed by atoms with Crippen LogP contribution in [0.25, 0.3) is 0 Å². The second-order valence-corrected chi connectivity index (χ2v) is 7.00. The lowest BCUT2D eigenvalue weighted by Gasteiger charge is -2.37. The summed E-state index contributed by atoms with van der Waals surface area (Å²) in [5, 5.41) is 2.60. The number of ether oxygens (including phenoxy) is 1. The predicted octanol–water partition coefficient (Wildman–Crippen LogP) is 3.93. The van der Waals surface area contributed by atoms with Crippen LogP contribution in [0.1, 0.15) is 37.0 Å². The van der Waals surface area contributed by atoms with Gasteiger partial charge in [-0.3, -0.25) is 4.79 Å². The van der Waals surface area contributed by atoms with Gasteiger partial charge in [0.2, 0.25) is 0 Å². The van der Waals surface area contributed by atoms with E-state index < -0.39 is 11.7 Å². The first-order valence-electron chi connectivity index (χ1n) is 8.99. The molecule has 1 N–H and O–H groups in total. The zero-order valence-corrected chi connectivity index (χ0v) is 16.8. The second-order valence-electron chi connectivity index (χ2n) is 5.65. The normalized spacial score (nSPS) is 14.0. The van der Waals surface area contributed by atoms with Crippen LogP contribution < -0.4 is 10.1 Å². The van der Waals surface area contributed by atoms with E-state index >= 15 is 0 Å². The van der Waals surface area contributed by atoms with Gasteiger partial charge in [0.1, 0.15) is 29.2 Å². The average molecular weight is 393 g/mol. The molecule has 27 heavy (non-hydrogen) atoms. The first kappa shape index (κ1) is 21.1. The number of rotatable bonds is 6. The molecule has 1 saturated heterocycles. The quantitative estimate of drug-likeness (QED) is 0.751. The summed E-state index contributed by atoms with van der Waals surface area (Å²) in [5.74, 6) is 1.06. The summed E-state index contributed by atoms with van der Waals surface area (Å²) in [6, 6.07) is 6.05. The number of carbonyl (C=O) groups is 1. The van der Waals surface area contributed by atoms with Gasteiger partial charge in [-0.1, -0.05) is 32.7 Å². The Balaban J connectivity index is 0.00000126. The van der Waals surface area contributed by atoms with Crippen molar-refractivity contribution < 1.29 is 13.9 Å². The Labute approximate surface area is 163 Å². The maximum Gasteiger partial charge on any atom is 0.275 e. The highest BCUT2D eigenvalue weighted by Gasteiger charge is 2.28. The monoisotopic (exact) mass is 392 g/mol. The summed E-state index contributed by atoms with van der Waals surface area (Å²) in [4.78, 5) is 20.4. The third-order valence-electron chi connectivity index (χ3n) is 3.56. The van der Waals surface area contributed by atoms with Gasteiger partial charge in [-0.25, -0.2) is 18.7 Å². The number of amides is 1. The average Bonchev–Trinajstić information content (AvgIpc) is 2.63. The summed E-state index contributed by atoms with van der Waals surface area (Å²) < 4.78 is 21.0. The van der Waals surface area contributed by atoms with Gasteiger partial charge in [-0.15, -0.1) is 0 Å². The molecule has 0 atom stereocenters. The Morgan fingerprint density at radius 3 is 2.74 bits per heavy atom. The molecule has 3 rings (SSSR count). The minimum atomic E-state index is -0.460. The molecule has 0 radical (unpaired) electrons. The lowest BCUT2D eigenvalue weighted by atomic mass is 10.2. The maximum atomic E-state index is 12.9. The molecule has 1 amide bonds. The van der Waals surface area contributed by atoms with Crippen molar-refractivity contribution in [1.82, 2.24) is 14.3 Å². The summed E-state index contributed by atoms with van der Waals surface area (Å²) >= 11 is 1.79. The minimum Gasteiger partial charge on any atom is -0.488 e. The topological polar surface area (TPSA) is 67.3 Å². The first-order valence-corrected chi connectivity index (χ1v) is 9.94. The van der Waals surface area contributed by atoms with Crippen molar-refractivity contribution in [2.24, 2.45) is 0 Å². The third kappa shape index (κ3) is 6.18. The molecule has 0 saturated carbocycles. The van der Waals surface area contributed by atoms with Crippen molar-refractivity contribution >= 4 is 23.7 Å². The molecule has 1 fully saturated rings. The van der Waals surface area contributed by atoms with Crippen LogP contribution in [0.15, 0.2) is 30.5 Å². The number of aryl methyl sites for hydroxylation is 1. The number of carbonyl (C=O) groups excluding carboxylic acids is 1. The van der Waals surface area contributed by atoms with Crippen LogP contribution in [-0.4, -0.2) is 45.1 Å². The van der Waals surface area contributed by atoms with Gasteiger partial charge in [0.25, 0.3) is 5.91 Å². The van der Waals surface area contributed by atoms with Gasteiger partial charge in [0.05, 0.1) is 6.20 Å². The number of nitrogens with one attached hydrogen (secondary N) is 1. The van der Waals surface area contributed by atoms with Crippen LogP contribution in [0, 0.1) is 12.7 Å². The lowest BCUT2D eigenvalue weighted by molar-refractivity contribution is 0.0833. The largest absolute Gasteiger partial charge is 0.488 e. The van der Waals surface area contributed by atoms with Crippen LogP contribution in [0.5, 0.6) is 5.75 Å². The number of nitrogens with zero attached hydrogens (tertiary/aromatic N) is 3. The van der Waals surface area contributed by atoms with Crippen molar-refractivity contribution in [3.63, 3.8) is 0 Å². The SMILES string of the molecule is CC.CCSN1CC(Oc2cc(C)nc(C(=O)Nc3ccc(F)cn3)c2)C1. The maximum absolute atomic E-state index is 12.9. The van der Waals surface area contributed by atoms with Gasteiger partial charge in [0, 0.05) is 36.7 Å². The molecule has 3 heterocycles. The van der Waals surface area contributed by atoms with Gasteiger partial charge in [-0.05, 0) is 19.1 Å². The molecule has 0 aliphatic carbocycles. The Kier molecular flexibility index (Phi) is 7.99. The van der Waals surface area contributed by atoms with Crippen molar-refractivity contribution in [3.8, 4) is 5.75 Å². The molecule has 0 bridgehead atoms. The molecule has 8 heteroatoms. The summed E-state index contributed by atoms with van der Waals surface area (Å²) in [6.07, 6.45) is 1.17. The van der Waals surface area contributed by atoms with Crippen LogP contribution in [0.2, 0.25) is 0 Å². The van der Waals surface area contributed by atoms with E-state index in [0.29, 0.717) is 11.4 Å². The number of anilines is 1. The Morgan fingerprint density at radius 2 is 2.11 bits per heavy atom. The van der Waals surface area contributed by atoms with E-state index in [0.717, 1.165) is 25.0 Å². The van der Waals surface area contributed by atoms with Crippen LogP contribution in [0.3, 0.4) is 0 Å². The van der Waals surface area contributed by atoms with Crippen molar-refractivity contribution in [3.05, 3.63) is 47.7 Å². The molecule has 2 aromatic heterocycles. The highest BCUT2D eigenvalue weighted by Crippen LogP contribution is 2.24. The number of hydrogen-bond acceptors (Lipinski definition) is 6. The van der Waals surface area contributed by atoms with Gasteiger partial charge in [0.15, 0.2) is 0 Å². The van der Waals surface area contributed by atoms with E-state index in [9.17, 15) is 9.18 Å². The Hall–Kier alpha value is -2.19. The molecule has 146 valence electrons. The minimum absolute atomic E-state index is 0.121. The molecule has 1 aliphatic heterocycles. The first-order chi connectivity index (χ1) is 13.0. The third-order valence-corrected chi connectivity index (χ3v) is 4.48. The molecule has 0 unspecified atom stereocenters. The standard InChI is InChI=1S/C17H19FN4O2S.C2H6/c1-3-25-22-9-14(10-22)24-13-6-11(2)20-15(7-13)17(23)21-16-5-4-12(18)8-19-16;1-2/h4-8,14H,3,9-10H2,1-2H3,(H,19,21,23);1-2H3. The van der Waals surface area contributed by atoms with Crippen molar-refractivity contribution in [1.29, 1.82) is 0 Å². The van der Waals surface area contributed by atoms with Crippen LogP contribution in [-0.2, 0) is 0 Å². The lowest BCUT2D eigenvalue weighted by Crippen LogP contribution is -2.50. The molecular formula is C19H25FN4O2S. The fourth-order valence-electron chi connectivity index (χ4n) is 2.41. The summed E-state index contributed by atoms with van der Waals surface area (Å²) in [6.45, 7) is 9.65. The van der Waals surface area contributed by atoms with Gasteiger partial charge < -0.3 is 10.1 Å². The zero-order valence-electron chi connectivity index (χ0n) is 16.0. The van der Waals surface area contributed by atoms with Crippen molar-refractivity contribution in [2.75, 3.05) is 24.2 Å². The number of pyridine rings is 2. The van der Waals surface area contributed by atoms with Gasteiger partial charge >= 0.3 is 0 Å². The second kappa shape index (κ2) is 10.2. The smallest absolute Gasteiger partial charge is 0.275 e. The summed E-state index contributed by atoms with van der Waals surface area (Å²) in [5.41, 5.74) is 0.925. The zero-order chi connectivity index (χ0) is 19.8. The highest BCUT2D eigenvalue weighted by molar-refractivity contribution is 7.97. The van der Waals surface area contributed by atoms with E-state index in [2.05, 4.69) is 26.5 Å². The van der Waals surface area contributed by atoms with E-state index in [1.807, 2.05) is 19.9 Å². The Bertz CT molecular complexity index is 752. The van der Waals surface area contributed by atoms with Crippen LogP contribution >= 0.6 is 11.9 Å². The van der Waals surface area contributed by atoms with E-state index in [-0.39, 0.29) is 17.6 Å². The number of halogens is 1. The fraction of sp³-hybridized carbons (Fsp3) is 0.421. The molecule has 1 aliphatic rings. The molecular weight excluding hydrogens is 367 g/mol. The molecule has 0 spiro atoms. The van der Waals surface area contributed by atoms with Crippen LogP contribution in [0.4, 0.5) is 10.2 Å². The van der Waals surface area contributed by atoms with E-state index in [1.165, 1.54) is 12.1 Å². The molecule has 2 aromatic rings. The molecule has 0 aromatic carbocycles. The van der Waals surface area contributed by atoms with Gasteiger partial charge in [-0.2, -0.15) is 0 Å². The number of aromatic nitrogens is 2. The van der Waals surface area contributed by atoms with E-state index in [4.69, 9.17) is 4.74 Å². The Morgan fingerprint density at radius 1 is 1.37 bits per heavy atom. The van der Waals surface area contributed by atoms with Crippen molar-refractivity contribution in [2.45, 2.75) is 33.8 Å². The number of hydrogen-bond donors (Lipinski definition) is 1. The predicted molar refractivity (Wildman–Crippen MR) is 107 cm³/mol. The molecule has 6 nitrogen and oxygen atoms in total. The fourth-order valence-corrected chi connectivity index (χ4v) is 3.32. The highest BCUT2D eigenvalue weighted by atomic mass is 32.2. The summed E-state index contributed by atoms with van der Waals surface area (Å²) in [7, 11) is 0.